The van der Waals surface area contributed by atoms with E-state index in [-0.39, 0.29) is 37.7 Å². The van der Waals surface area contributed by atoms with Crippen molar-refractivity contribution in [3.63, 3.8) is 0 Å². The van der Waals surface area contributed by atoms with E-state index in [0.717, 1.165) is 5.56 Å². The molecule has 1 rings (SSSR count). The van der Waals surface area contributed by atoms with Crippen LogP contribution < -0.4 is 14.8 Å². The Balaban J connectivity index is 2.53. The van der Waals surface area contributed by atoms with Crippen LogP contribution in [0.15, 0.2) is 24.3 Å². The van der Waals surface area contributed by atoms with E-state index in [1.54, 1.807) is 38.5 Å². The maximum Gasteiger partial charge on any atom is 0.220 e. The molecule has 0 unspecified atom stereocenters. The van der Waals surface area contributed by atoms with Crippen molar-refractivity contribution in [3.8, 4) is 11.5 Å². The van der Waals surface area contributed by atoms with Crippen molar-refractivity contribution >= 4 is 17.8 Å². The zero-order valence-corrected chi connectivity index (χ0v) is 12.8. The third-order valence-electron chi connectivity index (χ3n) is 2.90. The summed E-state index contributed by atoms with van der Waals surface area (Å²) in [5, 5.41) is 11.1. The normalized spacial score (nSPS) is 10.5. The van der Waals surface area contributed by atoms with Crippen LogP contribution in [0.3, 0.4) is 0 Å². The van der Waals surface area contributed by atoms with Crippen molar-refractivity contribution in [3.05, 3.63) is 29.8 Å². The summed E-state index contributed by atoms with van der Waals surface area (Å²) < 4.78 is 10.3. The van der Waals surface area contributed by atoms with E-state index in [0.29, 0.717) is 11.5 Å². The van der Waals surface area contributed by atoms with E-state index in [1.807, 2.05) is 0 Å². The number of carbonyl (C=O) groups excluding carboxylic acids is 2. The highest BCUT2D eigenvalue weighted by molar-refractivity contribution is 5.95. The third kappa shape index (κ3) is 5.97. The van der Waals surface area contributed by atoms with E-state index in [9.17, 15) is 9.59 Å². The predicted molar refractivity (Wildman–Crippen MR) is 82.9 cm³/mol. The Morgan fingerprint density at radius 1 is 1.18 bits per heavy atom. The van der Waals surface area contributed by atoms with E-state index in [4.69, 9.17) is 14.6 Å². The summed E-state index contributed by atoms with van der Waals surface area (Å²) in [6.45, 7) is 0.0907. The van der Waals surface area contributed by atoms with Crippen LogP contribution in [-0.2, 0) is 9.59 Å². The fourth-order valence-corrected chi connectivity index (χ4v) is 1.75. The predicted octanol–water partition coefficient (Wildman–Crippen LogP) is 1.17. The lowest BCUT2D eigenvalue weighted by Crippen LogP contribution is -2.26. The van der Waals surface area contributed by atoms with Crippen LogP contribution in [0.2, 0.25) is 0 Å². The van der Waals surface area contributed by atoms with Crippen molar-refractivity contribution in [2.24, 2.45) is 0 Å². The lowest BCUT2D eigenvalue weighted by Gasteiger charge is -2.07. The van der Waals surface area contributed by atoms with Gasteiger partial charge in [0.25, 0.3) is 0 Å². The molecule has 2 N–H and O–H groups in total. The van der Waals surface area contributed by atoms with Crippen molar-refractivity contribution < 1.29 is 24.2 Å². The van der Waals surface area contributed by atoms with Crippen LogP contribution >= 0.6 is 0 Å². The highest BCUT2D eigenvalue weighted by Crippen LogP contribution is 2.27. The van der Waals surface area contributed by atoms with Crippen molar-refractivity contribution in [1.82, 2.24) is 5.32 Å². The van der Waals surface area contributed by atoms with Gasteiger partial charge in [0.2, 0.25) is 5.91 Å². The minimum Gasteiger partial charge on any atom is -0.493 e. The largest absolute Gasteiger partial charge is 0.493 e. The second-order valence-corrected chi connectivity index (χ2v) is 4.49. The Morgan fingerprint density at radius 2 is 1.91 bits per heavy atom. The van der Waals surface area contributed by atoms with Gasteiger partial charge in [-0.1, -0.05) is 12.1 Å². The van der Waals surface area contributed by atoms with Gasteiger partial charge in [0, 0.05) is 19.4 Å². The van der Waals surface area contributed by atoms with Gasteiger partial charge in [-0.05, 0) is 23.8 Å². The molecule has 0 saturated heterocycles. The first-order valence-corrected chi connectivity index (χ1v) is 6.91. The second-order valence-electron chi connectivity index (χ2n) is 4.49. The van der Waals surface area contributed by atoms with Gasteiger partial charge in [0.05, 0.1) is 20.8 Å². The molecule has 22 heavy (non-hydrogen) atoms. The Morgan fingerprint density at radius 3 is 2.55 bits per heavy atom. The number of allylic oxidation sites excluding steroid dienone is 1. The molecule has 0 fully saturated rings. The Kier molecular flexibility index (Phi) is 7.70. The maximum absolute atomic E-state index is 11.7. The number of carbonyl (C=O) groups is 2. The van der Waals surface area contributed by atoms with Gasteiger partial charge >= 0.3 is 0 Å². The number of hydrogen-bond donors (Lipinski definition) is 2. The summed E-state index contributed by atoms with van der Waals surface area (Å²) in [7, 11) is 3.10. The molecule has 0 atom stereocenters. The molecule has 0 saturated carbocycles. The number of amides is 1. The van der Waals surface area contributed by atoms with E-state index in [1.165, 1.54) is 6.08 Å². The van der Waals surface area contributed by atoms with E-state index < -0.39 is 0 Å². The molecule has 0 radical (unpaired) electrons. The van der Waals surface area contributed by atoms with Gasteiger partial charge in [0.1, 0.15) is 0 Å². The summed E-state index contributed by atoms with van der Waals surface area (Å²) in [4.78, 5) is 23.0. The van der Waals surface area contributed by atoms with Gasteiger partial charge in [-0.15, -0.1) is 0 Å². The van der Waals surface area contributed by atoms with Crippen LogP contribution in [0, 0.1) is 0 Å². The third-order valence-corrected chi connectivity index (χ3v) is 2.90. The topological polar surface area (TPSA) is 84.9 Å². The average Bonchev–Trinajstić information content (AvgIpc) is 2.55. The standard InChI is InChI=1S/C16H21NO5/c1-21-14-7-4-12(11-15(14)22-2)3-5-13(19)6-8-16(20)17-9-10-18/h3-5,7,11,18H,6,8-10H2,1-2H3,(H,17,20)/b5-3+. The quantitative estimate of drug-likeness (QED) is 0.669. The average molecular weight is 307 g/mol. The van der Waals surface area contributed by atoms with Gasteiger partial charge in [-0.2, -0.15) is 0 Å². The minimum atomic E-state index is -0.248. The lowest BCUT2D eigenvalue weighted by molar-refractivity contribution is -0.123. The van der Waals surface area contributed by atoms with Gasteiger partial charge < -0.3 is 19.9 Å². The summed E-state index contributed by atoms with van der Waals surface area (Å²) in [5.41, 5.74) is 0.802. The monoisotopic (exact) mass is 307 g/mol. The summed E-state index contributed by atoms with van der Waals surface area (Å²) in [6, 6.07) is 5.32. The number of rotatable bonds is 9. The Labute approximate surface area is 129 Å². The number of hydrogen-bond acceptors (Lipinski definition) is 5. The highest BCUT2D eigenvalue weighted by Gasteiger charge is 2.05. The van der Waals surface area contributed by atoms with Crippen LogP contribution in [0.25, 0.3) is 6.08 Å². The molecule has 6 heteroatoms. The first kappa shape index (κ1) is 17.7. The molecule has 120 valence electrons. The van der Waals surface area contributed by atoms with E-state index >= 15 is 0 Å². The van der Waals surface area contributed by atoms with E-state index in [2.05, 4.69) is 5.32 Å². The molecule has 0 bridgehead atoms. The molecule has 6 nitrogen and oxygen atoms in total. The first-order chi connectivity index (χ1) is 10.6. The number of nitrogens with one attached hydrogen (secondary N) is 1. The molecular weight excluding hydrogens is 286 g/mol. The molecule has 1 amide bonds. The number of aliphatic hydroxyl groups excluding tert-OH is 1. The molecule has 0 aromatic heterocycles. The summed E-state index contributed by atoms with van der Waals surface area (Å²) in [5.74, 6) is 0.808. The maximum atomic E-state index is 11.7. The SMILES string of the molecule is COc1ccc(/C=C/C(=O)CCC(=O)NCCO)cc1OC. The molecular formula is C16H21NO5. The van der Waals surface area contributed by atoms with Crippen LogP contribution in [0.5, 0.6) is 11.5 Å². The lowest BCUT2D eigenvalue weighted by atomic mass is 10.1. The van der Waals surface area contributed by atoms with Crippen molar-refractivity contribution in [1.29, 1.82) is 0 Å². The van der Waals surface area contributed by atoms with Crippen LogP contribution in [0.4, 0.5) is 0 Å². The second kappa shape index (κ2) is 9.57. The molecule has 1 aromatic rings. The molecule has 0 aliphatic carbocycles. The summed E-state index contributed by atoms with van der Waals surface area (Å²) in [6.07, 6.45) is 3.33. The number of ketones is 1. The van der Waals surface area contributed by atoms with Crippen LogP contribution in [0.1, 0.15) is 18.4 Å². The fourth-order valence-electron chi connectivity index (χ4n) is 1.75. The van der Waals surface area contributed by atoms with Gasteiger partial charge in [-0.25, -0.2) is 0 Å². The molecule has 0 aliphatic heterocycles. The smallest absolute Gasteiger partial charge is 0.220 e. The molecule has 0 heterocycles. The number of aliphatic hydroxyl groups is 1. The number of methoxy groups -OCH3 is 2. The molecule has 1 aromatic carbocycles. The van der Waals surface area contributed by atoms with Gasteiger partial charge in [-0.3, -0.25) is 9.59 Å². The number of benzene rings is 1. The molecule has 0 spiro atoms. The fraction of sp³-hybridized carbons (Fsp3) is 0.375. The highest BCUT2D eigenvalue weighted by atomic mass is 16.5. The minimum absolute atomic E-state index is 0.106. The molecule has 0 aliphatic rings. The van der Waals surface area contributed by atoms with Gasteiger partial charge in [0.15, 0.2) is 17.3 Å². The van der Waals surface area contributed by atoms with Crippen molar-refractivity contribution in [2.75, 3.05) is 27.4 Å². The van der Waals surface area contributed by atoms with Crippen LogP contribution in [-0.4, -0.2) is 44.2 Å². The Bertz CT molecular complexity index is 539. The Hall–Kier alpha value is -2.34. The zero-order valence-electron chi connectivity index (χ0n) is 12.8. The zero-order chi connectivity index (χ0) is 16.4. The number of ether oxygens (including phenoxy) is 2. The van der Waals surface area contributed by atoms with Crippen molar-refractivity contribution in [2.45, 2.75) is 12.8 Å². The first-order valence-electron chi connectivity index (χ1n) is 6.91. The summed E-state index contributed by atoms with van der Waals surface area (Å²) >= 11 is 0.